The molecule has 0 saturated heterocycles. The smallest absolute Gasteiger partial charge is 0.329 e. The van der Waals surface area contributed by atoms with Gasteiger partial charge in [-0.25, -0.2) is 9.18 Å². The number of benzene rings is 3. The summed E-state index contributed by atoms with van der Waals surface area (Å²) in [5, 5.41) is 12.4. The van der Waals surface area contributed by atoms with E-state index in [1.165, 1.54) is 25.1 Å². The van der Waals surface area contributed by atoms with E-state index in [1.807, 2.05) is 43.3 Å². The number of nitrogens with one attached hydrogen (secondary N) is 1. The minimum Gasteiger partial charge on any atom is -0.480 e. The number of esters is 1. The van der Waals surface area contributed by atoms with E-state index in [0.717, 1.165) is 22.3 Å². The third kappa shape index (κ3) is 5.77. The van der Waals surface area contributed by atoms with Crippen molar-refractivity contribution in [2.75, 3.05) is 6.61 Å². The van der Waals surface area contributed by atoms with Gasteiger partial charge in [-0.1, -0.05) is 80.1 Å². The lowest BCUT2D eigenvalue weighted by atomic mass is 9.90. The highest BCUT2D eigenvalue weighted by Crippen LogP contribution is 2.44. The van der Waals surface area contributed by atoms with Crippen LogP contribution >= 0.6 is 0 Å². The third-order valence-corrected chi connectivity index (χ3v) is 7.17. The SMILES string of the molecule is CCC[C@@H](CC(=O)OCC1c2ccccc2-c2ccccc21)C(=O)N[C@@](C)(Cc1ccccc1F)C(=O)O. The molecule has 3 aromatic carbocycles. The Kier molecular flexibility index (Phi) is 8.25. The van der Waals surface area contributed by atoms with Crippen molar-refractivity contribution in [3.63, 3.8) is 0 Å². The van der Waals surface area contributed by atoms with Crippen molar-refractivity contribution in [3.05, 3.63) is 95.3 Å². The van der Waals surface area contributed by atoms with E-state index >= 15 is 0 Å². The standard InChI is InChI=1S/C31H32FNO5/c1-3-10-20(29(35)33-31(2,30(36)37)18-21-11-4-9-16-27(21)32)17-28(34)38-19-26-24-14-7-5-12-22(24)23-13-6-8-15-25(23)26/h4-9,11-16,20,26H,3,10,17-19H2,1-2H3,(H,33,35)(H,36,37)/t20-,31-/m0/s1. The Hall–Kier alpha value is -4.00. The van der Waals surface area contributed by atoms with Crippen LogP contribution in [0, 0.1) is 11.7 Å². The minimum atomic E-state index is -1.74. The lowest BCUT2D eigenvalue weighted by Crippen LogP contribution is -2.55. The number of ether oxygens (including phenoxy) is 1. The first-order valence-corrected chi connectivity index (χ1v) is 12.9. The van der Waals surface area contributed by atoms with Gasteiger partial charge in [-0.15, -0.1) is 0 Å². The molecule has 3 aromatic rings. The van der Waals surface area contributed by atoms with Crippen LogP contribution in [-0.2, 0) is 25.5 Å². The molecule has 7 heteroatoms. The van der Waals surface area contributed by atoms with Crippen LogP contribution in [-0.4, -0.2) is 35.1 Å². The molecule has 0 radical (unpaired) electrons. The van der Waals surface area contributed by atoms with Crippen LogP contribution in [0.3, 0.4) is 0 Å². The second-order valence-electron chi connectivity index (χ2n) is 9.99. The summed E-state index contributed by atoms with van der Waals surface area (Å²) in [6.07, 6.45) is 0.590. The number of rotatable bonds is 11. The van der Waals surface area contributed by atoms with Crippen LogP contribution in [0.1, 0.15) is 55.7 Å². The summed E-state index contributed by atoms with van der Waals surface area (Å²) in [6.45, 7) is 3.37. The van der Waals surface area contributed by atoms with Gasteiger partial charge in [0.25, 0.3) is 0 Å². The van der Waals surface area contributed by atoms with Crippen molar-refractivity contribution < 1.29 is 28.6 Å². The van der Waals surface area contributed by atoms with Gasteiger partial charge in [-0.3, -0.25) is 9.59 Å². The fraction of sp³-hybridized carbons (Fsp3) is 0.323. The van der Waals surface area contributed by atoms with E-state index in [0.29, 0.717) is 12.8 Å². The Morgan fingerprint density at radius 1 is 0.974 bits per heavy atom. The lowest BCUT2D eigenvalue weighted by Gasteiger charge is -2.29. The number of carbonyl (C=O) groups excluding carboxylic acids is 2. The zero-order chi connectivity index (χ0) is 27.3. The van der Waals surface area contributed by atoms with Crippen molar-refractivity contribution in [2.45, 2.75) is 51.0 Å². The summed E-state index contributed by atoms with van der Waals surface area (Å²) in [4.78, 5) is 38.2. The predicted octanol–water partition coefficient (Wildman–Crippen LogP) is 5.49. The van der Waals surface area contributed by atoms with Gasteiger partial charge in [-0.05, 0) is 47.2 Å². The summed E-state index contributed by atoms with van der Waals surface area (Å²) in [5.41, 5.74) is 2.86. The first-order chi connectivity index (χ1) is 18.2. The second kappa shape index (κ2) is 11.6. The van der Waals surface area contributed by atoms with Crippen LogP contribution in [0.15, 0.2) is 72.8 Å². The molecule has 0 bridgehead atoms. The maximum atomic E-state index is 14.2. The van der Waals surface area contributed by atoms with Gasteiger partial charge >= 0.3 is 11.9 Å². The molecule has 1 amide bonds. The van der Waals surface area contributed by atoms with Crippen molar-refractivity contribution >= 4 is 17.8 Å². The summed E-state index contributed by atoms with van der Waals surface area (Å²) >= 11 is 0. The quantitative estimate of drug-likeness (QED) is 0.328. The Balaban J connectivity index is 1.42. The normalized spacial score (nSPS) is 14.6. The predicted molar refractivity (Wildman–Crippen MR) is 142 cm³/mol. The highest BCUT2D eigenvalue weighted by molar-refractivity contribution is 5.90. The Labute approximate surface area is 221 Å². The average Bonchev–Trinajstić information content (AvgIpc) is 3.22. The Bertz CT molecular complexity index is 1290. The number of fused-ring (bicyclic) bond motifs is 3. The monoisotopic (exact) mass is 517 g/mol. The first-order valence-electron chi connectivity index (χ1n) is 12.9. The van der Waals surface area contributed by atoms with Crippen molar-refractivity contribution in [1.82, 2.24) is 5.32 Å². The molecular weight excluding hydrogens is 485 g/mol. The number of aliphatic carboxylic acids is 1. The summed E-state index contributed by atoms with van der Waals surface area (Å²) < 4.78 is 19.9. The van der Waals surface area contributed by atoms with Crippen LogP contribution in [0.25, 0.3) is 11.1 Å². The first kappa shape index (κ1) is 27.0. The molecule has 0 aromatic heterocycles. The second-order valence-corrected chi connectivity index (χ2v) is 9.99. The van der Waals surface area contributed by atoms with E-state index in [2.05, 4.69) is 17.4 Å². The average molecular weight is 518 g/mol. The van der Waals surface area contributed by atoms with Gasteiger partial charge in [0.1, 0.15) is 18.0 Å². The van der Waals surface area contributed by atoms with Crippen LogP contribution < -0.4 is 5.32 Å². The molecule has 198 valence electrons. The molecule has 6 nitrogen and oxygen atoms in total. The number of amides is 1. The largest absolute Gasteiger partial charge is 0.480 e. The van der Waals surface area contributed by atoms with Gasteiger partial charge in [0.2, 0.25) is 5.91 Å². The topological polar surface area (TPSA) is 92.7 Å². The van der Waals surface area contributed by atoms with E-state index in [4.69, 9.17) is 4.74 Å². The molecule has 0 heterocycles. The molecule has 2 atom stereocenters. The molecule has 0 unspecified atom stereocenters. The molecular formula is C31H32FNO5. The maximum Gasteiger partial charge on any atom is 0.329 e. The van der Waals surface area contributed by atoms with Crippen LogP contribution in [0.2, 0.25) is 0 Å². The number of carboxylic acid groups (broad SMARTS) is 1. The van der Waals surface area contributed by atoms with Gasteiger partial charge in [0.05, 0.1) is 6.42 Å². The molecule has 2 N–H and O–H groups in total. The molecule has 4 rings (SSSR count). The highest BCUT2D eigenvalue weighted by atomic mass is 19.1. The Morgan fingerprint density at radius 3 is 2.13 bits per heavy atom. The highest BCUT2D eigenvalue weighted by Gasteiger charge is 2.38. The van der Waals surface area contributed by atoms with Gasteiger partial charge in [0, 0.05) is 18.3 Å². The molecule has 0 aliphatic heterocycles. The van der Waals surface area contributed by atoms with Gasteiger partial charge in [0.15, 0.2) is 0 Å². The van der Waals surface area contributed by atoms with Crippen molar-refractivity contribution in [2.24, 2.45) is 5.92 Å². The number of hydrogen-bond donors (Lipinski definition) is 2. The van der Waals surface area contributed by atoms with Crippen molar-refractivity contribution in [3.8, 4) is 11.1 Å². The van der Waals surface area contributed by atoms with E-state index in [1.54, 1.807) is 6.07 Å². The maximum absolute atomic E-state index is 14.2. The third-order valence-electron chi connectivity index (χ3n) is 7.17. The fourth-order valence-electron chi connectivity index (χ4n) is 5.12. The molecule has 38 heavy (non-hydrogen) atoms. The minimum absolute atomic E-state index is 0.0964. The number of hydrogen-bond acceptors (Lipinski definition) is 4. The fourth-order valence-corrected chi connectivity index (χ4v) is 5.12. The molecule has 0 saturated carbocycles. The van der Waals surface area contributed by atoms with Crippen LogP contribution in [0.4, 0.5) is 4.39 Å². The van der Waals surface area contributed by atoms with Gasteiger partial charge in [-0.2, -0.15) is 0 Å². The zero-order valence-electron chi connectivity index (χ0n) is 21.6. The number of halogens is 1. The lowest BCUT2D eigenvalue weighted by molar-refractivity contribution is -0.149. The summed E-state index contributed by atoms with van der Waals surface area (Å²) in [5.74, 6) is -3.78. The van der Waals surface area contributed by atoms with E-state index < -0.39 is 35.1 Å². The Morgan fingerprint density at radius 2 is 1.55 bits per heavy atom. The molecule has 0 fully saturated rings. The molecule has 1 aliphatic carbocycles. The molecule has 0 spiro atoms. The van der Waals surface area contributed by atoms with Crippen molar-refractivity contribution in [1.29, 1.82) is 0 Å². The van der Waals surface area contributed by atoms with Crippen LogP contribution in [0.5, 0.6) is 0 Å². The van der Waals surface area contributed by atoms with Gasteiger partial charge < -0.3 is 15.2 Å². The summed E-state index contributed by atoms with van der Waals surface area (Å²) in [7, 11) is 0. The number of carboxylic acids is 1. The molecule has 1 aliphatic rings. The van der Waals surface area contributed by atoms with E-state index in [9.17, 15) is 23.9 Å². The zero-order valence-corrected chi connectivity index (χ0v) is 21.6. The summed E-state index contributed by atoms with van der Waals surface area (Å²) in [6, 6.07) is 21.9. The number of carbonyl (C=O) groups is 3. The van der Waals surface area contributed by atoms with E-state index in [-0.39, 0.29) is 30.9 Å².